The number of carboxylic acid groups (broad SMARTS) is 1. The number of benzene rings is 1. The summed E-state index contributed by atoms with van der Waals surface area (Å²) < 4.78 is 42.2. The lowest BCUT2D eigenvalue weighted by Crippen LogP contribution is -2.18. The summed E-state index contributed by atoms with van der Waals surface area (Å²) in [4.78, 5) is 17.3. The molecule has 1 N–H and O–H groups in total. The maximum absolute atomic E-state index is 14.1. The number of aromatic carboxylic acids is 1. The van der Waals surface area contributed by atoms with E-state index in [1.165, 1.54) is 0 Å². The van der Waals surface area contributed by atoms with Gasteiger partial charge in [0.2, 0.25) is 0 Å². The highest BCUT2D eigenvalue weighted by Crippen LogP contribution is 2.29. The fraction of sp³-hybridized carbons (Fsp3) is 0.333. The fourth-order valence-electron chi connectivity index (χ4n) is 2.79. The minimum Gasteiger partial charge on any atom is -0.476 e. The lowest BCUT2D eigenvalue weighted by Gasteiger charge is -2.12. The van der Waals surface area contributed by atoms with E-state index in [1.807, 2.05) is 11.9 Å². The predicted octanol–water partition coefficient (Wildman–Crippen LogP) is 2.50. The van der Waals surface area contributed by atoms with Gasteiger partial charge < -0.3 is 14.6 Å². The van der Waals surface area contributed by atoms with E-state index in [-0.39, 0.29) is 17.1 Å². The Morgan fingerprint density at radius 3 is 2.57 bits per heavy atom. The van der Waals surface area contributed by atoms with Crippen LogP contribution in [-0.2, 0) is 13.1 Å². The van der Waals surface area contributed by atoms with Gasteiger partial charge in [-0.2, -0.15) is 0 Å². The van der Waals surface area contributed by atoms with Crippen molar-refractivity contribution in [2.75, 3.05) is 13.6 Å². The van der Waals surface area contributed by atoms with Crippen LogP contribution < -0.4 is 0 Å². The van der Waals surface area contributed by atoms with Crippen molar-refractivity contribution in [2.45, 2.75) is 19.5 Å². The van der Waals surface area contributed by atoms with Crippen LogP contribution in [0.5, 0.6) is 0 Å². The van der Waals surface area contributed by atoms with E-state index < -0.39 is 23.4 Å². The third-order valence-electron chi connectivity index (χ3n) is 3.87. The number of carbonyl (C=O) groups is 1. The average Bonchev–Trinajstić information content (AvgIpc) is 2.70. The van der Waals surface area contributed by atoms with Gasteiger partial charge in [0.15, 0.2) is 17.3 Å². The molecule has 3 rings (SSSR count). The summed E-state index contributed by atoms with van der Waals surface area (Å²) in [6, 6.07) is 1.15. The number of carboxylic acids is 1. The molecule has 0 saturated heterocycles. The Morgan fingerprint density at radius 1 is 1.17 bits per heavy atom. The maximum Gasteiger partial charge on any atom is 0.356 e. The molecule has 1 aromatic carbocycles. The number of nitrogens with zero attached hydrogens (tertiary/aromatic N) is 3. The van der Waals surface area contributed by atoms with Crippen molar-refractivity contribution < 1.29 is 23.1 Å². The molecule has 1 aliphatic rings. The van der Waals surface area contributed by atoms with Crippen LogP contribution in [0.3, 0.4) is 0 Å². The Hall–Kier alpha value is -2.35. The SMILES string of the molecule is CN1CCCn2c(-c3cc(F)c(F)cc3F)nc(C(=O)O)c2C1. The standard InChI is InChI=1S/C15H14F3N3O2/c1-20-3-2-4-21-12(7-20)13(15(22)23)19-14(21)8-5-10(17)11(18)6-9(8)16/h5-6H,2-4,7H2,1H3,(H,22,23). The van der Waals surface area contributed by atoms with Gasteiger partial charge in [0, 0.05) is 19.2 Å². The number of rotatable bonds is 2. The monoisotopic (exact) mass is 325 g/mol. The highest BCUT2D eigenvalue weighted by Gasteiger charge is 2.27. The molecule has 1 aliphatic heterocycles. The zero-order valence-electron chi connectivity index (χ0n) is 12.3. The molecule has 0 bridgehead atoms. The third kappa shape index (κ3) is 2.70. The highest BCUT2D eigenvalue weighted by atomic mass is 19.2. The molecule has 23 heavy (non-hydrogen) atoms. The molecular weight excluding hydrogens is 311 g/mol. The molecule has 0 unspecified atom stereocenters. The Labute approximate surface area is 130 Å². The number of fused-ring (bicyclic) bond motifs is 1. The fourth-order valence-corrected chi connectivity index (χ4v) is 2.79. The molecule has 0 aliphatic carbocycles. The largest absolute Gasteiger partial charge is 0.476 e. The molecule has 0 saturated carbocycles. The summed E-state index contributed by atoms with van der Waals surface area (Å²) in [6.07, 6.45) is 0.706. The summed E-state index contributed by atoms with van der Waals surface area (Å²) in [5.74, 6) is -4.72. The Kier molecular flexibility index (Phi) is 3.85. The van der Waals surface area contributed by atoms with Gasteiger partial charge in [0.25, 0.3) is 0 Å². The van der Waals surface area contributed by atoms with E-state index in [1.54, 1.807) is 4.57 Å². The van der Waals surface area contributed by atoms with E-state index in [0.717, 1.165) is 6.54 Å². The number of hydrogen-bond donors (Lipinski definition) is 1. The van der Waals surface area contributed by atoms with Crippen molar-refractivity contribution >= 4 is 5.97 Å². The Morgan fingerprint density at radius 2 is 1.87 bits per heavy atom. The van der Waals surface area contributed by atoms with Crippen LogP contribution in [0.2, 0.25) is 0 Å². The minimum absolute atomic E-state index is 0.00380. The molecule has 1 aromatic heterocycles. The number of halogens is 3. The second-order valence-electron chi connectivity index (χ2n) is 5.53. The zero-order valence-corrected chi connectivity index (χ0v) is 12.3. The first-order valence-electron chi connectivity index (χ1n) is 7.04. The van der Waals surface area contributed by atoms with Crippen LogP contribution >= 0.6 is 0 Å². The van der Waals surface area contributed by atoms with Crippen LogP contribution in [0, 0.1) is 17.5 Å². The summed E-state index contributed by atoms with van der Waals surface area (Å²) in [6.45, 7) is 1.49. The van der Waals surface area contributed by atoms with Gasteiger partial charge in [-0.1, -0.05) is 0 Å². The van der Waals surface area contributed by atoms with Crippen molar-refractivity contribution in [1.29, 1.82) is 0 Å². The van der Waals surface area contributed by atoms with E-state index >= 15 is 0 Å². The molecular formula is C15H14F3N3O2. The summed E-state index contributed by atoms with van der Waals surface area (Å²) >= 11 is 0. The first kappa shape index (κ1) is 15.5. The van der Waals surface area contributed by atoms with Gasteiger partial charge in [-0.3, -0.25) is 0 Å². The van der Waals surface area contributed by atoms with Crippen LogP contribution in [0.25, 0.3) is 11.4 Å². The van der Waals surface area contributed by atoms with E-state index in [2.05, 4.69) is 4.98 Å². The van der Waals surface area contributed by atoms with Gasteiger partial charge in [-0.15, -0.1) is 0 Å². The van der Waals surface area contributed by atoms with Crippen molar-refractivity contribution in [2.24, 2.45) is 0 Å². The van der Waals surface area contributed by atoms with Crippen LogP contribution in [-0.4, -0.2) is 39.1 Å². The summed E-state index contributed by atoms with van der Waals surface area (Å²) in [5.41, 5.74) is -0.0169. The molecule has 8 heteroatoms. The van der Waals surface area contributed by atoms with Crippen molar-refractivity contribution in [3.8, 4) is 11.4 Å². The minimum atomic E-state index is -1.30. The number of imidazole rings is 1. The Bertz CT molecular complexity index is 789. The molecule has 0 radical (unpaired) electrons. The van der Waals surface area contributed by atoms with Crippen LogP contribution in [0.15, 0.2) is 12.1 Å². The molecule has 5 nitrogen and oxygen atoms in total. The van der Waals surface area contributed by atoms with Crippen molar-refractivity contribution in [1.82, 2.24) is 14.5 Å². The lowest BCUT2D eigenvalue weighted by atomic mass is 10.2. The highest BCUT2D eigenvalue weighted by molar-refractivity contribution is 5.88. The van der Waals surface area contributed by atoms with Crippen molar-refractivity contribution in [3.63, 3.8) is 0 Å². The second kappa shape index (κ2) is 5.69. The molecule has 0 amide bonds. The predicted molar refractivity (Wildman–Crippen MR) is 75.4 cm³/mol. The molecule has 2 aromatic rings. The summed E-state index contributed by atoms with van der Waals surface area (Å²) in [5, 5.41) is 9.32. The maximum atomic E-state index is 14.1. The normalized spacial score (nSPS) is 15.3. The van der Waals surface area contributed by atoms with E-state index in [0.29, 0.717) is 37.3 Å². The van der Waals surface area contributed by atoms with Crippen LogP contribution in [0.1, 0.15) is 22.6 Å². The van der Waals surface area contributed by atoms with Gasteiger partial charge in [0.05, 0.1) is 11.3 Å². The van der Waals surface area contributed by atoms with E-state index in [9.17, 15) is 23.1 Å². The van der Waals surface area contributed by atoms with E-state index in [4.69, 9.17) is 0 Å². The number of hydrogen-bond acceptors (Lipinski definition) is 3. The molecule has 2 heterocycles. The van der Waals surface area contributed by atoms with Crippen LogP contribution in [0.4, 0.5) is 13.2 Å². The van der Waals surface area contributed by atoms with Gasteiger partial charge in [0.1, 0.15) is 11.6 Å². The topological polar surface area (TPSA) is 58.4 Å². The lowest BCUT2D eigenvalue weighted by molar-refractivity contribution is 0.0688. The quantitative estimate of drug-likeness (QED) is 0.862. The molecule has 0 spiro atoms. The molecule has 0 fully saturated rings. The first-order valence-corrected chi connectivity index (χ1v) is 7.04. The number of aromatic nitrogens is 2. The van der Waals surface area contributed by atoms with Crippen molar-refractivity contribution in [3.05, 3.63) is 41.0 Å². The smallest absolute Gasteiger partial charge is 0.356 e. The third-order valence-corrected chi connectivity index (χ3v) is 3.87. The Balaban J connectivity index is 2.23. The average molecular weight is 325 g/mol. The second-order valence-corrected chi connectivity index (χ2v) is 5.53. The first-order chi connectivity index (χ1) is 10.9. The summed E-state index contributed by atoms with van der Waals surface area (Å²) in [7, 11) is 1.84. The molecule has 0 atom stereocenters. The van der Waals surface area contributed by atoms with Gasteiger partial charge in [-0.25, -0.2) is 22.9 Å². The zero-order chi connectivity index (χ0) is 16.7. The molecule has 122 valence electrons. The van der Waals surface area contributed by atoms with Gasteiger partial charge >= 0.3 is 5.97 Å². The van der Waals surface area contributed by atoms with Gasteiger partial charge in [-0.05, 0) is 26.1 Å².